The molecule has 2 aliphatic heterocycles. The molecule has 1 unspecified atom stereocenters. The molecule has 716 valence electrons. The molecule has 11 amide bonds. The van der Waals surface area contributed by atoms with Gasteiger partial charge in [0.25, 0.3) is 0 Å². The fourth-order valence-electron chi connectivity index (χ4n) is 16.0. The summed E-state index contributed by atoms with van der Waals surface area (Å²) in [6, 6.07) is 0.242. The van der Waals surface area contributed by atoms with Crippen LogP contribution in [0.2, 0.25) is 0 Å². The molecule has 1 aliphatic carbocycles. The van der Waals surface area contributed by atoms with Crippen LogP contribution in [0.3, 0.4) is 0 Å². The van der Waals surface area contributed by atoms with Crippen LogP contribution in [0.15, 0.2) is 71.7 Å². The summed E-state index contributed by atoms with van der Waals surface area (Å²) in [6.45, 7) is 33.3. The van der Waals surface area contributed by atoms with Crippen LogP contribution < -0.4 is 41.6 Å². The third kappa shape index (κ3) is 29.4. The molecule has 0 spiro atoms. The number of aromatic carboxylic acids is 1. The number of pyridine rings is 1. The molecule has 4 aromatic rings. The van der Waals surface area contributed by atoms with Crippen LogP contribution in [-0.2, 0) is 52.7 Å². The number of carboxylic acid groups (broad SMARTS) is 1. The van der Waals surface area contributed by atoms with Crippen molar-refractivity contribution in [1.29, 1.82) is 0 Å². The molecular weight excluding hydrogens is 1660 g/mol. The molecule has 7 rings (SSSR count). The number of hydrogen-bond donors (Lipinski definition) is 10. The number of anilines is 1. The summed E-state index contributed by atoms with van der Waals surface area (Å²) in [5.41, 5.74) is 1.39. The highest BCUT2D eigenvalue weighted by atomic mass is 19.1. The number of halogens is 1. The van der Waals surface area contributed by atoms with E-state index in [-0.39, 0.29) is 96.1 Å². The summed E-state index contributed by atoms with van der Waals surface area (Å²) in [5.74, 6) is -11.0. The summed E-state index contributed by atoms with van der Waals surface area (Å²) < 4.78 is 22.5. The maximum Gasteiger partial charge on any atom is 0.341 e. The molecule has 3 fully saturated rings. The number of ether oxygens (including phenoxy) is 1. The number of amides is 11. The Balaban J connectivity index is 0.000000529. The highest BCUT2D eigenvalue weighted by Crippen LogP contribution is 2.44. The Kier molecular flexibility index (Phi) is 41.2. The number of allylic oxidation sites excluding steroid dienone is 2. The molecule has 1 saturated carbocycles. The largest absolute Gasteiger partial charge is 0.508 e. The number of aliphatic hydroxyl groups is 1. The molecule has 3 aliphatic rings. The zero-order valence-electron chi connectivity index (χ0n) is 80.4. The van der Waals surface area contributed by atoms with E-state index >= 15 is 14.0 Å². The van der Waals surface area contributed by atoms with Gasteiger partial charge in [-0.3, -0.25) is 57.5 Å². The van der Waals surface area contributed by atoms with E-state index in [1.807, 2.05) is 79.4 Å². The van der Waals surface area contributed by atoms with Crippen molar-refractivity contribution in [3.05, 3.63) is 99.6 Å². The highest BCUT2D eigenvalue weighted by Gasteiger charge is 2.47. The molecule has 33 nitrogen and oxygen atoms in total. The van der Waals surface area contributed by atoms with Crippen molar-refractivity contribution < 1.29 is 92.2 Å². The van der Waals surface area contributed by atoms with Gasteiger partial charge in [-0.25, -0.2) is 9.18 Å². The smallest absolute Gasteiger partial charge is 0.341 e. The first-order chi connectivity index (χ1) is 60.3. The number of likely N-dealkylation sites (N-methyl/N-ethyl adjacent to an activating group) is 7. The van der Waals surface area contributed by atoms with E-state index in [4.69, 9.17) is 9.84 Å². The molecule has 129 heavy (non-hydrogen) atoms. The van der Waals surface area contributed by atoms with Crippen molar-refractivity contribution in [2.75, 3.05) is 87.5 Å². The van der Waals surface area contributed by atoms with Crippen molar-refractivity contribution in [3.63, 3.8) is 0 Å². The van der Waals surface area contributed by atoms with E-state index in [9.17, 15) is 73.2 Å². The van der Waals surface area contributed by atoms with Crippen LogP contribution in [0.4, 0.5) is 10.1 Å². The average Bonchev–Trinajstić information content (AvgIpc) is 1.65. The molecule has 3 aromatic carbocycles. The lowest BCUT2D eigenvalue weighted by atomic mass is 9.91. The maximum atomic E-state index is 15.1. The average molecular weight is 1810 g/mol. The number of rotatable bonds is 21. The number of benzene rings is 3. The third-order valence-corrected chi connectivity index (χ3v) is 23.6. The number of piperazine rings is 1. The molecule has 10 N–H and O–H groups in total. The Morgan fingerprint density at radius 2 is 1.05 bits per heavy atom. The number of carbonyl (C=O) groups excluding carboxylic acids is 11. The SMILES string of the molecule is C/C=C/C[C@@H](C)[C@@H](O)[C@H]1C(=O)N[C@@H](CC)C(=O)N(C)CC(=O)N(C)[C@@H](CC(C)C)C(=O)N[C@@H](C(C)C)C(=O)N(C)[C@@H](CC(C)C)C(=O)N[C@@H](C)C(=O)N[C@H](C)C(=O)N(C)[C@@H](CC(C)C)C(=O)N(C)[C@@H](CC(C)C)C(=O)N(C)[C@@H](C(C)C)C(=O)N1C.COc1c(N2CCNC(C)C2)c(F)cc2c(=O)c(C(=O)O)cn(C3CC3)c12.Oc1ccc(/C=C/c2cc(O)cc(O)c2)cc1. The second-order valence-electron chi connectivity index (χ2n) is 37.1. The van der Waals surface area contributed by atoms with Crippen LogP contribution >= 0.6 is 0 Å². The first-order valence-corrected chi connectivity index (χ1v) is 44.8. The standard InChI is InChI=1S/C62H111N11O12.C19H22FN3O4.C14H12O3/c1-25-27-28-40(15)52(75)51-56(79)65-43(26-2)58(81)67(18)33-48(74)68(19)44(29-34(3)4)55(78)66-49(38(11)12)61(84)69(20)45(30-35(5)6)54(77)63-41(16)53(76)64-42(17)57(80)70(21)46(31-36(7)8)59(82)71(22)47(32-37(9)10)60(83)72(23)50(39(13)14)62(85)73(51)24;1-10-8-22(6-5-21-10)16-14(20)7-12-15(18(16)27-2)23(11-3-4-11)9-13(17(12)24)19(25)26;15-12-5-3-10(4-6-12)1-2-11-7-13(16)9-14(17)8-11/h25,27,34-47,49-52,75H,26,28-33H2,1-24H3,(H,63,77)(H,64,76)(H,65,79)(H,66,78);7,9-11,21H,3-6,8H2,1-2H3,(H,25,26);1-9,15-17H/b27-25+;;2-1+/t40-,41+,42-,43+,44+,45+,46+,47+,49+,50+,51+,52-;;/m1../s1. The first kappa shape index (κ1) is 108. The number of nitrogens with one attached hydrogen (secondary N) is 5. The zero-order chi connectivity index (χ0) is 97.5. The number of carboxylic acids is 1. The Labute approximate surface area is 759 Å². The number of carbonyl (C=O) groups is 12. The van der Waals surface area contributed by atoms with Gasteiger partial charge < -0.3 is 101 Å². The van der Waals surface area contributed by atoms with Gasteiger partial charge in [0.05, 0.1) is 30.7 Å². The van der Waals surface area contributed by atoms with Gasteiger partial charge >= 0.3 is 5.97 Å². The number of aromatic hydroxyl groups is 3. The minimum atomic E-state index is -1.61. The van der Waals surface area contributed by atoms with Gasteiger partial charge in [-0.05, 0) is 162 Å². The molecule has 0 bridgehead atoms. The third-order valence-electron chi connectivity index (χ3n) is 23.6. The highest BCUT2D eigenvalue weighted by molar-refractivity contribution is 6.01. The van der Waals surface area contributed by atoms with E-state index in [0.29, 0.717) is 42.0 Å². The summed E-state index contributed by atoms with van der Waals surface area (Å²) in [6.07, 6.45) is 9.78. The predicted molar refractivity (Wildman–Crippen MR) is 495 cm³/mol. The van der Waals surface area contributed by atoms with Crippen molar-refractivity contribution >= 4 is 99.7 Å². The molecule has 34 heteroatoms. The van der Waals surface area contributed by atoms with E-state index in [1.165, 1.54) is 107 Å². The molecule has 1 aromatic heterocycles. The van der Waals surface area contributed by atoms with Crippen LogP contribution in [-0.4, -0.2) is 291 Å². The first-order valence-electron chi connectivity index (χ1n) is 44.8. The predicted octanol–water partition coefficient (Wildman–Crippen LogP) is 8.22. The van der Waals surface area contributed by atoms with Gasteiger partial charge in [0, 0.05) is 93.3 Å². The van der Waals surface area contributed by atoms with Gasteiger partial charge in [-0.15, -0.1) is 0 Å². The Bertz CT molecular complexity index is 4660. The number of nitrogens with zero attached hydrogens (tertiary/aromatic N) is 9. The maximum absolute atomic E-state index is 15.1. The fraction of sp³-hybridized carbons (Fsp3) is 0.611. The number of methoxy groups -OCH3 is 1. The summed E-state index contributed by atoms with van der Waals surface area (Å²) in [4.78, 5) is 195. The minimum Gasteiger partial charge on any atom is -0.508 e. The number of phenolic OH excluding ortho intramolecular Hbond substituents is 3. The quantitative estimate of drug-likeness (QED) is 0.0277. The monoisotopic (exact) mass is 1810 g/mol. The summed E-state index contributed by atoms with van der Waals surface area (Å²) in [5, 5.41) is 63.5. The van der Waals surface area contributed by atoms with Crippen molar-refractivity contribution in [3.8, 4) is 23.0 Å². The van der Waals surface area contributed by atoms with E-state index < -0.39 is 173 Å². The molecule has 2 saturated heterocycles. The number of aromatic nitrogens is 1. The Morgan fingerprint density at radius 3 is 1.55 bits per heavy atom. The molecule has 0 radical (unpaired) electrons. The number of phenols is 3. The number of fused-ring (bicyclic) bond motifs is 1. The fourth-order valence-corrected chi connectivity index (χ4v) is 16.0. The van der Waals surface area contributed by atoms with Crippen LogP contribution in [0.1, 0.15) is 204 Å². The zero-order valence-corrected chi connectivity index (χ0v) is 80.4. The van der Waals surface area contributed by atoms with Gasteiger partial charge in [-0.2, -0.15) is 0 Å². The second-order valence-corrected chi connectivity index (χ2v) is 37.1. The Hall–Kier alpha value is -11.2. The number of hydrogen-bond acceptors (Lipinski definition) is 20. The topological polar surface area (TPSA) is 423 Å². The summed E-state index contributed by atoms with van der Waals surface area (Å²) in [7, 11) is 11.4. The van der Waals surface area contributed by atoms with Gasteiger partial charge in [-0.1, -0.05) is 133 Å². The van der Waals surface area contributed by atoms with E-state index in [2.05, 4.69) is 26.6 Å². The van der Waals surface area contributed by atoms with E-state index in [0.717, 1.165) is 40.8 Å². The molecule has 13 atom stereocenters. The molecule has 3 heterocycles. The van der Waals surface area contributed by atoms with Gasteiger partial charge in [0.15, 0.2) is 11.6 Å². The normalized spacial score (nSPS) is 23.4. The minimum absolute atomic E-state index is 0.0229. The van der Waals surface area contributed by atoms with Crippen molar-refractivity contribution in [2.45, 2.75) is 255 Å². The van der Waals surface area contributed by atoms with Gasteiger partial charge in [0.1, 0.15) is 88.9 Å². The lowest BCUT2D eigenvalue weighted by Crippen LogP contribution is -2.63. The number of aliphatic hydroxyl groups excluding tert-OH is 1. The van der Waals surface area contributed by atoms with Crippen LogP contribution in [0.5, 0.6) is 23.0 Å². The van der Waals surface area contributed by atoms with Crippen molar-refractivity contribution in [1.82, 2.24) is 65.5 Å². The second kappa shape index (κ2) is 49.0. The lowest BCUT2D eigenvalue weighted by molar-refractivity contribution is -0.157. The van der Waals surface area contributed by atoms with Gasteiger partial charge in [0.2, 0.25) is 70.4 Å². The molecular formula is C95H145FN14O19. The Morgan fingerprint density at radius 1 is 0.558 bits per heavy atom. The van der Waals surface area contributed by atoms with Crippen molar-refractivity contribution in [2.24, 2.45) is 41.4 Å². The van der Waals surface area contributed by atoms with E-state index in [1.54, 1.807) is 102 Å². The van der Waals surface area contributed by atoms with Crippen LogP contribution in [0.25, 0.3) is 23.1 Å². The lowest BCUT2D eigenvalue weighted by Gasteiger charge is -2.41. The summed E-state index contributed by atoms with van der Waals surface area (Å²) >= 11 is 0. The van der Waals surface area contributed by atoms with Crippen LogP contribution in [0, 0.1) is 47.2 Å².